The van der Waals surface area contributed by atoms with Crippen LogP contribution in [0.15, 0.2) is 32.3 Å². The second-order valence-electron chi connectivity index (χ2n) is 4.98. The topological polar surface area (TPSA) is 101 Å². The molecule has 2 aromatic heterocycles. The molecular formula is C13H14N2O5S2. The Kier molecular flexibility index (Phi) is 4.02. The fraction of sp³-hybridized carbons (Fsp3) is 0.385. The average molecular weight is 342 g/mol. The lowest BCUT2D eigenvalue weighted by Gasteiger charge is -2.29. The lowest BCUT2D eigenvalue weighted by atomic mass is 9.98. The number of sulfonamides is 1. The predicted octanol–water partition coefficient (Wildman–Crippen LogP) is 2.00. The Hall–Kier alpha value is -1.71. The average Bonchev–Trinajstić information content (AvgIpc) is 3.19. The molecule has 1 aliphatic heterocycles. The van der Waals surface area contributed by atoms with Crippen molar-refractivity contribution < 1.29 is 22.7 Å². The molecule has 0 atom stereocenters. The highest BCUT2D eigenvalue weighted by atomic mass is 32.2. The molecule has 1 saturated heterocycles. The van der Waals surface area contributed by atoms with Gasteiger partial charge in [-0.15, -0.1) is 11.3 Å². The Labute approximate surface area is 131 Å². The van der Waals surface area contributed by atoms with Gasteiger partial charge in [0.25, 0.3) is 10.0 Å². The summed E-state index contributed by atoms with van der Waals surface area (Å²) in [4.78, 5) is 14.8. The summed E-state index contributed by atoms with van der Waals surface area (Å²) in [5.74, 6) is -1.03. The van der Waals surface area contributed by atoms with E-state index in [-0.39, 0.29) is 11.7 Å². The summed E-state index contributed by atoms with van der Waals surface area (Å²) >= 11 is 1.20. The second-order valence-corrected chi connectivity index (χ2v) is 8.09. The van der Waals surface area contributed by atoms with Gasteiger partial charge in [0.15, 0.2) is 5.89 Å². The van der Waals surface area contributed by atoms with Crippen LogP contribution >= 0.6 is 11.3 Å². The van der Waals surface area contributed by atoms with E-state index in [4.69, 9.17) is 9.52 Å². The monoisotopic (exact) mass is 342 g/mol. The van der Waals surface area contributed by atoms with Crippen LogP contribution in [0.4, 0.5) is 0 Å². The van der Waals surface area contributed by atoms with E-state index in [0.717, 1.165) is 0 Å². The van der Waals surface area contributed by atoms with Crippen LogP contribution in [0.2, 0.25) is 0 Å². The molecule has 1 aliphatic rings. The van der Waals surface area contributed by atoms with Gasteiger partial charge in [-0.2, -0.15) is 4.31 Å². The standard InChI is InChI=1S/C13H14N2O5S2/c16-13(17)10-8-14-12(20-10)9-3-5-15(6-4-9)22(18,19)11-2-1-7-21-11/h1-2,7-9H,3-6H2,(H,16,17). The minimum atomic E-state index is -3.43. The molecule has 0 saturated carbocycles. The summed E-state index contributed by atoms with van der Waals surface area (Å²) < 4.78 is 31.8. The van der Waals surface area contributed by atoms with E-state index in [1.54, 1.807) is 17.5 Å². The van der Waals surface area contributed by atoms with Crippen LogP contribution in [0.3, 0.4) is 0 Å². The summed E-state index contributed by atoms with van der Waals surface area (Å²) in [6.45, 7) is 0.741. The first kappa shape index (κ1) is 15.2. The molecule has 0 unspecified atom stereocenters. The molecule has 22 heavy (non-hydrogen) atoms. The van der Waals surface area contributed by atoms with Crippen molar-refractivity contribution >= 4 is 27.3 Å². The Morgan fingerprint density at radius 3 is 2.68 bits per heavy atom. The fourth-order valence-electron chi connectivity index (χ4n) is 2.46. The second kappa shape index (κ2) is 5.82. The summed E-state index contributed by atoms with van der Waals surface area (Å²) in [6, 6.07) is 3.31. The van der Waals surface area contributed by atoms with E-state index in [1.807, 2.05) is 0 Å². The molecular weight excluding hydrogens is 328 g/mol. The van der Waals surface area contributed by atoms with Gasteiger partial charge in [0.05, 0.1) is 6.20 Å². The van der Waals surface area contributed by atoms with E-state index in [2.05, 4.69) is 4.98 Å². The zero-order valence-corrected chi connectivity index (χ0v) is 13.1. The first-order valence-corrected chi connectivity index (χ1v) is 9.03. The summed E-state index contributed by atoms with van der Waals surface area (Å²) in [6.07, 6.45) is 2.31. The van der Waals surface area contributed by atoms with Crippen LogP contribution in [-0.4, -0.2) is 41.9 Å². The van der Waals surface area contributed by atoms with Crippen molar-refractivity contribution in [1.29, 1.82) is 0 Å². The maximum Gasteiger partial charge on any atom is 0.373 e. The van der Waals surface area contributed by atoms with Crippen LogP contribution in [0.25, 0.3) is 0 Å². The predicted molar refractivity (Wildman–Crippen MR) is 78.5 cm³/mol. The molecule has 7 nitrogen and oxygen atoms in total. The van der Waals surface area contributed by atoms with Crippen molar-refractivity contribution in [2.45, 2.75) is 23.0 Å². The zero-order valence-electron chi connectivity index (χ0n) is 11.5. The fourth-order valence-corrected chi connectivity index (χ4v) is 5.07. The number of oxazole rings is 1. The van der Waals surface area contributed by atoms with Gasteiger partial charge >= 0.3 is 5.97 Å². The summed E-state index contributed by atoms with van der Waals surface area (Å²) in [5.41, 5.74) is 0. The number of carboxylic acids is 1. The Balaban J connectivity index is 1.68. The first-order valence-electron chi connectivity index (χ1n) is 6.71. The smallest absolute Gasteiger partial charge is 0.373 e. The third kappa shape index (κ3) is 2.79. The SMILES string of the molecule is O=C(O)c1cnc(C2CCN(S(=O)(=O)c3cccs3)CC2)o1. The maximum atomic E-state index is 12.4. The largest absolute Gasteiger partial charge is 0.475 e. The minimum absolute atomic E-state index is 0.0529. The van der Waals surface area contributed by atoms with Crippen molar-refractivity contribution in [2.75, 3.05) is 13.1 Å². The number of rotatable bonds is 4. The number of carboxylic acid groups (broad SMARTS) is 1. The third-order valence-corrected chi connectivity index (χ3v) is 6.90. The maximum absolute atomic E-state index is 12.4. The Bertz CT molecular complexity index is 758. The van der Waals surface area contributed by atoms with Crippen molar-refractivity contribution in [3.05, 3.63) is 35.4 Å². The van der Waals surface area contributed by atoms with Gasteiger partial charge in [0.2, 0.25) is 5.76 Å². The van der Waals surface area contributed by atoms with E-state index < -0.39 is 16.0 Å². The molecule has 3 heterocycles. The van der Waals surface area contributed by atoms with Gasteiger partial charge in [-0.3, -0.25) is 0 Å². The van der Waals surface area contributed by atoms with Gasteiger partial charge in [-0.25, -0.2) is 18.2 Å². The van der Waals surface area contributed by atoms with Gasteiger partial charge in [-0.05, 0) is 24.3 Å². The van der Waals surface area contributed by atoms with E-state index >= 15 is 0 Å². The Morgan fingerprint density at radius 1 is 1.41 bits per heavy atom. The van der Waals surface area contributed by atoms with Crippen molar-refractivity contribution in [2.24, 2.45) is 0 Å². The number of hydrogen-bond acceptors (Lipinski definition) is 6. The molecule has 0 bridgehead atoms. The third-order valence-electron chi connectivity index (χ3n) is 3.63. The van der Waals surface area contributed by atoms with Crippen molar-refractivity contribution in [3.8, 4) is 0 Å². The number of hydrogen-bond donors (Lipinski definition) is 1. The number of aromatic carboxylic acids is 1. The lowest BCUT2D eigenvalue weighted by Crippen LogP contribution is -2.37. The normalized spacial score (nSPS) is 17.6. The van der Waals surface area contributed by atoms with Crippen LogP contribution in [0.1, 0.15) is 35.2 Å². The first-order chi connectivity index (χ1) is 10.5. The van der Waals surface area contributed by atoms with Crippen molar-refractivity contribution in [3.63, 3.8) is 0 Å². The molecule has 0 amide bonds. The van der Waals surface area contributed by atoms with Crippen LogP contribution in [0, 0.1) is 0 Å². The van der Waals surface area contributed by atoms with Gasteiger partial charge in [-0.1, -0.05) is 6.07 Å². The molecule has 3 rings (SSSR count). The molecule has 0 spiro atoms. The summed E-state index contributed by atoms with van der Waals surface area (Å²) in [7, 11) is -3.43. The van der Waals surface area contributed by atoms with E-state index in [0.29, 0.717) is 36.0 Å². The molecule has 118 valence electrons. The van der Waals surface area contributed by atoms with E-state index in [1.165, 1.54) is 21.8 Å². The molecule has 9 heteroatoms. The van der Waals surface area contributed by atoms with Crippen molar-refractivity contribution in [1.82, 2.24) is 9.29 Å². The van der Waals surface area contributed by atoms with E-state index in [9.17, 15) is 13.2 Å². The number of piperidine rings is 1. The highest BCUT2D eigenvalue weighted by Gasteiger charge is 2.32. The molecule has 1 fully saturated rings. The highest BCUT2D eigenvalue weighted by molar-refractivity contribution is 7.91. The minimum Gasteiger partial charge on any atom is -0.475 e. The Morgan fingerprint density at radius 2 is 2.14 bits per heavy atom. The molecule has 1 N–H and O–H groups in total. The number of carbonyl (C=O) groups is 1. The van der Waals surface area contributed by atoms with Gasteiger partial charge in [0, 0.05) is 19.0 Å². The zero-order chi connectivity index (χ0) is 15.7. The summed E-state index contributed by atoms with van der Waals surface area (Å²) in [5, 5.41) is 10.6. The van der Waals surface area contributed by atoms with Crippen LogP contribution < -0.4 is 0 Å². The van der Waals surface area contributed by atoms with Crippen LogP contribution in [0.5, 0.6) is 0 Å². The van der Waals surface area contributed by atoms with Crippen LogP contribution in [-0.2, 0) is 10.0 Å². The van der Waals surface area contributed by atoms with Gasteiger partial charge < -0.3 is 9.52 Å². The highest BCUT2D eigenvalue weighted by Crippen LogP contribution is 2.31. The number of nitrogens with zero attached hydrogens (tertiary/aromatic N) is 2. The van der Waals surface area contributed by atoms with Gasteiger partial charge in [0.1, 0.15) is 4.21 Å². The molecule has 0 aromatic carbocycles. The number of aromatic nitrogens is 1. The molecule has 2 aromatic rings. The molecule has 0 radical (unpaired) electrons. The quantitative estimate of drug-likeness (QED) is 0.912. The lowest BCUT2D eigenvalue weighted by molar-refractivity contribution is 0.0659. The molecule has 0 aliphatic carbocycles. The number of thiophene rings is 1.